The molecule has 0 fully saturated rings. The van der Waals surface area contributed by atoms with Gasteiger partial charge in [0, 0.05) is 17.6 Å². The van der Waals surface area contributed by atoms with E-state index in [4.69, 9.17) is 10.5 Å². The van der Waals surface area contributed by atoms with Gasteiger partial charge in [-0.3, -0.25) is 4.79 Å². The van der Waals surface area contributed by atoms with E-state index in [1.807, 2.05) is 45.0 Å². The van der Waals surface area contributed by atoms with Crippen molar-refractivity contribution in [1.82, 2.24) is 0 Å². The molecule has 4 nitrogen and oxygen atoms in total. The summed E-state index contributed by atoms with van der Waals surface area (Å²) in [6.07, 6.45) is 1.09. The SMILES string of the molecule is CCOc1ccc(NC(=O)CCC(C)(C)N)cc1. The second-order valence-electron chi connectivity index (χ2n) is 4.99. The lowest BCUT2D eigenvalue weighted by Gasteiger charge is -2.17. The summed E-state index contributed by atoms with van der Waals surface area (Å²) in [7, 11) is 0. The highest BCUT2D eigenvalue weighted by Gasteiger charge is 2.13. The van der Waals surface area contributed by atoms with Gasteiger partial charge in [-0.15, -0.1) is 0 Å². The van der Waals surface area contributed by atoms with Gasteiger partial charge in [0.1, 0.15) is 5.75 Å². The zero-order chi connectivity index (χ0) is 13.6. The monoisotopic (exact) mass is 250 g/mol. The largest absolute Gasteiger partial charge is 0.494 e. The Kier molecular flexibility index (Phi) is 5.16. The van der Waals surface area contributed by atoms with E-state index in [2.05, 4.69) is 5.32 Å². The normalized spacial score (nSPS) is 11.1. The third-order valence-electron chi connectivity index (χ3n) is 2.45. The minimum Gasteiger partial charge on any atom is -0.494 e. The third kappa shape index (κ3) is 5.68. The Morgan fingerprint density at radius 2 is 1.94 bits per heavy atom. The number of ether oxygens (including phenoxy) is 1. The zero-order valence-electron chi connectivity index (χ0n) is 11.3. The molecule has 0 aromatic heterocycles. The first kappa shape index (κ1) is 14.5. The van der Waals surface area contributed by atoms with Crippen LogP contribution in [0, 0.1) is 0 Å². The molecule has 0 aliphatic heterocycles. The van der Waals surface area contributed by atoms with Gasteiger partial charge in [-0.2, -0.15) is 0 Å². The molecule has 1 rings (SSSR count). The van der Waals surface area contributed by atoms with Gasteiger partial charge in [-0.1, -0.05) is 0 Å². The first-order valence-corrected chi connectivity index (χ1v) is 6.22. The van der Waals surface area contributed by atoms with Crippen molar-refractivity contribution >= 4 is 11.6 Å². The van der Waals surface area contributed by atoms with E-state index >= 15 is 0 Å². The van der Waals surface area contributed by atoms with E-state index in [1.54, 1.807) is 0 Å². The van der Waals surface area contributed by atoms with Crippen LogP contribution in [0.15, 0.2) is 24.3 Å². The maximum Gasteiger partial charge on any atom is 0.224 e. The van der Waals surface area contributed by atoms with Crippen LogP contribution in [0.2, 0.25) is 0 Å². The van der Waals surface area contributed by atoms with E-state index in [9.17, 15) is 4.79 Å². The second kappa shape index (κ2) is 6.40. The maximum atomic E-state index is 11.7. The maximum absolute atomic E-state index is 11.7. The zero-order valence-corrected chi connectivity index (χ0v) is 11.3. The molecular formula is C14H22N2O2. The summed E-state index contributed by atoms with van der Waals surface area (Å²) >= 11 is 0. The Hall–Kier alpha value is -1.55. The molecule has 100 valence electrons. The van der Waals surface area contributed by atoms with Gasteiger partial charge in [0.25, 0.3) is 0 Å². The van der Waals surface area contributed by atoms with Crippen molar-refractivity contribution in [1.29, 1.82) is 0 Å². The molecule has 18 heavy (non-hydrogen) atoms. The number of hydrogen-bond acceptors (Lipinski definition) is 3. The summed E-state index contributed by atoms with van der Waals surface area (Å²) in [4.78, 5) is 11.7. The van der Waals surface area contributed by atoms with Crippen molar-refractivity contribution in [2.24, 2.45) is 5.73 Å². The number of benzene rings is 1. The number of hydrogen-bond donors (Lipinski definition) is 2. The molecule has 0 aliphatic carbocycles. The van der Waals surface area contributed by atoms with Gasteiger partial charge in [0.15, 0.2) is 0 Å². The first-order chi connectivity index (χ1) is 8.40. The van der Waals surface area contributed by atoms with E-state index in [0.717, 1.165) is 11.4 Å². The lowest BCUT2D eigenvalue weighted by atomic mass is 10.00. The second-order valence-corrected chi connectivity index (χ2v) is 4.99. The quantitative estimate of drug-likeness (QED) is 0.815. The van der Waals surface area contributed by atoms with Crippen LogP contribution < -0.4 is 15.8 Å². The van der Waals surface area contributed by atoms with Crippen molar-refractivity contribution in [2.75, 3.05) is 11.9 Å². The fourth-order valence-electron chi connectivity index (χ4n) is 1.46. The van der Waals surface area contributed by atoms with Crippen LogP contribution in [0.25, 0.3) is 0 Å². The van der Waals surface area contributed by atoms with Gasteiger partial charge in [-0.05, 0) is 51.5 Å². The Morgan fingerprint density at radius 3 is 2.44 bits per heavy atom. The van der Waals surface area contributed by atoms with Gasteiger partial charge in [-0.25, -0.2) is 0 Å². The molecular weight excluding hydrogens is 228 g/mol. The summed E-state index contributed by atoms with van der Waals surface area (Å²) < 4.78 is 5.33. The summed E-state index contributed by atoms with van der Waals surface area (Å²) in [6.45, 7) is 6.40. The fraction of sp³-hybridized carbons (Fsp3) is 0.500. The van der Waals surface area contributed by atoms with Crippen LogP contribution in [0.1, 0.15) is 33.6 Å². The summed E-state index contributed by atoms with van der Waals surface area (Å²) in [5, 5.41) is 2.83. The number of carbonyl (C=O) groups is 1. The van der Waals surface area contributed by atoms with E-state index in [0.29, 0.717) is 19.4 Å². The van der Waals surface area contributed by atoms with Gasteiger partial charge < -0.3 is 15.8 Å². The predicted molar refractivity (Wildman–Crippen MR) is 73.7 cm³/mol. The van der Waals surface area contributed by atoms with Crippen LogP contribution in [0.5, 0.6) is 5.75 Å². The topological polar surface area (TPSA) is 64.3 Å². The Balaban J connectivity index is 2.44. The smallest absolute Gasteiger partial charge is 0.224 e. The molecule has 4 heteroatoms. The van der Waals surface area contributed by atoms with Crippen LogP contribution >= 0.6 is 0 Å². The van der Waals surface area contributed by atoms with Crippen LogP contribution in [-0.4, -0.2) is 18.1 Å². The lowest BCUT2D eigenvalue weighted by molar-refractivity contribution is -0.116. The van der Waals surface area contributed by atoms with Crippen molar-refractivity contribution in [3.05, 3.63) is 24.3 Å². The Morgan fingerprint density at radius 1 is 1.33 bits per heavy atom. The molecule has 0 saturated carbocycles. The standard InChI is InChI=1S/C14H22N2O2/c1-4-18-12-7-5-11(6-8-12)16-13(17)9-10-14(2,3)15/h5-8H,4,9-10,15H2,1-3H3,(H,16,17). The molecule has 0 radical (unpaired) electrons. The van der Waals surface area contributed by atoms with Crippen LogP contribution in [-0.2, 0) is 4.79 Å². The molecule has 0 aliphatic rings. The molecule has 0 atom stereocenters. The van der Waals surface area contributed by atoms with E-state index in [-0.39, 0.29) is 11.4 Å². The molecule has 1 aromatic rings. The number of nitrogens with one attached hydrogen (secondary N) is 1. The number of anilines is 1. The first-order valence-electron chi connectivity index (χ1n) is 6.22. The van der Waals surface area contributed by atoms with Crippen LogP contribution in [0.3, 0.4) is 0 Å². The average molecular weight is 250 g/mol. The molecule has 0 saturated heterocycles. The predicted octanol–water partition coefficient (Wildman–Crippen LogP) is 2.54. The number of rotatable bonds is 6. The van der Waals surface area contributed by atoms with Gasteiger partial charge in [0.05, 0.1) is 6.61 Å². The average Bonchev–Trinajstić information content (AvgIpc) is 2.29. The molecule has 0 unspecified atom stereocenters. The summed E-state index contributed by atoms with van der Waals surface area (Å²) in [6, 6.07) is 7.34. The third-order valence-corrected chi connectivity index (χ3v) is 2.45. The molecule has 1 aromatic carbocycles. The van der Waals surface area contributed by atoms with E-state index < -0.39 is 0 Å². The molecule has 0 heterocycles. The van der Waals surface area contributed by atoms with Crippen molar-refractivity contribution in [2.45, 2.75) is 39.2 Å². The highest BCUT2D eigenvalue weighted by atomic mass is 16.5. The Bertz CT molecular complexity index is 380. The Labute approximate surface area is 109 Å². The molecule has 0 spiro atoms. The van der Waals surface area contributed by atoms with Crippen molar-refractivity contribution < 1.29 is 9.53 Å². The van der Waals surface area contributed by atoms with Crippen molar-refractivity contribution in [3.63, 3.8) is 0 Å². The fourth-order valence-corrected chi connectivity index (χ4v) is 1.46. The number of amides is 1. The molecule has 3 N–H and O–H groups in total. The number of carbonyl (C=O) groups excluding carboxylic acids is 1. The van der Waals surface area contributed by atoms with E-state index in [1.165, 1.54) is 0 Å². The van der Waals surface area contributed by atoms with Gasteiger partial charge >= 0.3 is 0 Å². The minimum absolute atomic E-state index is 0.0160. The highest BCUT2D eigenvalue weighted by Crippen LogP contribution is 2.16. The lowest BCUT2D eigenvalue weighted by Crippen LogP contribution is -2.33. The van der Waals surface area contributed by atoms with Crippen LogP contribution in [0.4, 0.5) is 5.69 Å². The number of nitrogens with two attached hydrogens (primary N) is 1. The van der Waals surface area contributed by atoms with Crippen molar-refractivity contribution in [3.8, 4) is 5.75 Å². The van der Waals surface area contributed by atoms with Gasteiger partial charge in [0.2, 0.25) is 5.91 Å². The summed E-state index contributed by atoms with van der Waals surface area (Å²) in [5.41, 5.74) is 6.30. The minimum atomic E-state index is -0.309. The molecule has 1 amide bonds. The summed E-state index contributed by atoms with van der Waals surface area (Å²) in [5.74, 6) is 0.788. The molecule has 0 bridgehead atoms. The highest BCUT2D eigenvalue weighted by molar-refractivity contribution is 5.90.